The molecule has 4 heterocycles. The van der Waals surface area contributed by atoms with Gasteiger partial charge in [-0.3, -0.25) is 9.48 Å². The van der Waals surface area contributed by atoms with E-state index < -0.39 is 0 Å². The number of hydrogen-bond donors (Lipinski definition) is 1. The smallest absolute Gasteiger partial charge is 0.257 e. The summed E-state index contributed by atoms with van der Waals surface area (Å²) in [5.74, 6) is -0.118. The summed E-state index contributed by atoms with van der Waals surface area (Å²) in [5.41, 5.74) is 2.80. The van der Waals surface area contributed by atoms with Crippen molar-refractivity contribution >= 4 is 22.7 Å². The van der Waals surface area contributed by atoms with Gasteiger partial charge in [-0.05, 0) is 25.8 Å². The zero-order valence-electron chi connectivity index (χ0n) is 14.3. The van der Waals surface area contributed by atoms with E-state index in [9.17, 15) is 4.79 Å². The Morgan fingerprint density at radius 1 is 1.40 bits per heavy atom. The highest BCUT2D eigenvalue weighted by Crippen LogP contribution is 2.20. The van der Waals surface area contributed by atoms with E-state index in [1.165, 1.54) is 6.20 Å². The average Bonchev–Trinajstić information content (AvgIpc) is 3.21. The summed E-state index contributed by atoms with van der Waals surface area (Å²) >= 11 is 0. The lowest BCUT2D eigenvalue weighted by atomic mass is 10.0. The number of aromatic nitrogens is 4. The fraction of sp³-hybridized carbons (Fsp3) is 0.412. The number of pyridine rings is 1. The molecule has 1 fully saturated rings. The van der Waals surface area contributed by atoms with Crippen molar-refractivity contribution in [2.45, 2.75) is 25.8 Å². The molecule has 0 radical (unpaired) electrons. The van der Waals surface area contributed by atoms with Crippen LogP contribution in [0.3, 0.4) is 0 Å². The third-order valence-corrected chi connectivity index (χ3v) is 4.59. The molecule has 0 aromatic carbocycles. The van der Waals surface area contributed by atoms with Crippen LogP contribution in [0.15, 0.2) is 29.2 Å². The van der Waals surface area contributed by atoms with Gasteiger partial charge < -0.3 is 14.7 Å². The second kappa shape index (κ2) is 6.19. The predicted octanol–water partition coefficient (Wildman–Crippen LogP) is 1.66. The normalized spacial score (nSPS) is 17.8. The molecule has 1 amide bonds. The van der Waals surface area contributed by atoms with Crippen molar-refractivity contribution in [3.05, 3.63) is 35.9 Å². The van der Waals surface area contributed by atoms with Gasteiger partial charge in [0, 0.05) is 38.6 Å². The maximum absolute atomic E-state index is 12.6. The third-order valence-electron chi connectivity index (χ3n) is 4.59. The Hall–Kier alpha value is -2.90. The molecule has 25 heavy (non-hydrogen) atoms. The molecule has 0 unspecified atom stereocenters. The van der Waals surface area contributed by atoms with Gasteiger partial charge in [-0.1, -0.05) is 5.16 Å². The standard InChI is InChI=1S/C17H20N6O2/c1-11-15-6-12(7-18-17(15)25-21-11)16(24)20-13-4-3-5-23(9-13)14-8-19-22(2)10-14/h6-8,10,13H,3-5,9H2,1-2H3,(H,20,24)/t13-/m0/s1. The van der Waals surface area contributed by atoms with E-state index >= 15 is 0 Å². The van der Waals surface area contributed by atoms with Crippen LogP contribution in [0.4, 0.5) is 5.69 Å². The van der Waals surface area contributed by atoms with E-state index in [2.05, 4.69) is 25.5 Å². The van der Waals surface area contributed by atoms with Crippen LogP contribution in [0.25, 0.3) is 11.1 Å². The van der Waals surface area contributed by atoms with Gasteiger partial charge >= 0.3 is 0 Å². The first kappa shape index (κ1) is 15.6. The zero-order valence-corrected chi connectivity index (χ0v) is 14.3. The van der Waals surface area contributed by atoms with Crippen LogP contribution in [0.5, 0.6) is 0 Å². The summed E-state index contributed by atoms with van der Waals surface area (Å²) < 4.78 is 6.88. The fourth-order valence-corrected chi connectivity index (χ4v) is 3.24. The number of carbonyl (C=O) groups is 1. The van der Waals surface area contributed by atoms with Gasteiger partial charge in [-0.25, -0.2) is 4.98 Å². The van der Waals surface area contributed by atoms with E-state index in [1.807, 2.05) is 26.4 Å². The number of carbonyl (C=O) groups excluding carboxylic acids is 1. The molecule has 1 atom stereocenters. The van der Waals surface area contributed by atoms with Crippen LogP contribution in [0.2, 0.25) is 0 Å². The molecule has 1 N–H and O–H groups in total. The number of aryl methyl sites for hydroxylation is 2. The van der Waals surface area contributed by atoms with E-state index in [4.69, 9.17) is 4.52 Å². The van der Waals surface area contributed by atoms with Crippen LogP contribution >= 0.6 is 0 Å². The molecular weight excluding hydrogens is 320 g/mol. The van der Waals surface area contributed by atoms with Gasteiger partial charge in [0.05, 0.1) is 28.5 Å². The lowest BCUT2D eigenvalue weighted by Gasteiger charge is -2.33. The van der Waals surface area contributed by atoms with Crippen LogP contribution in [0.1, 0.15) is 28.9 Å². The molecule has 1 aliphatic heterocycles. The molecule has 3 aromatic heterocycles. The minimum Gasteiger partial charge on any atom is -0.367 e. The van der Waals surface area contributed by atoms with Crippen molar-refractivity contribution in [2.24, 2.45) is 7.05 Å². The fourth-order valence-electron chi connectivity index (χ4n) is 3.24. The van der Waals surface area contributed by atoms with Crippen LogP contribution in [-0.4, -0.2) is 45.0 Å². The molecule has 8 nitrogen and oxygen atoms in total. The molecule has 8 heteroatoms. The van der Waals surface area contributed by atoms with Crippen molar-refractivity contribution in [1.82, 2.24) is 25.2 Å². The van der Waals surface area contributed by atoms with Crippen LogP contribution in [0, 0.1) is 6.92 Å². The van der Waals surface area contributed by atoms with Crippen molar-refractivity contribution in [1.29, 1.82) is 0 Å². The Bertz CT molecular complexity index is 915. The van der Waals surface area contributed by atoms with Crippen LogP contribution in [-0.2, 0) is 7.05 Å². The quantitative estimate of drug-likeness (QED) is 0.780. The van der Waals surface area contributed by atoms with Gasteiger partial charge in [-0.15, -0.1) is 0 Å². The molecule has 4 rings (SSSR count). The number of nitrogens with one attached hydrogen (secondary N) is 1. The highest BCUT2D eigenvalue weighted by molar-refractivity contribution is 5.97. The Morgan fingerprint density at radius 2 is 2.28 bits per heavy atom. The maximum atomic E-state index is 12.6. The molecule has 0 spiro atoms. The van der Waals surface area contributed by atoms with E-state index in [1.54, 1.807) is 10.7 Å². The number of amides is 1. The molecule has 0 saturated carbocycles. The lowest BCUT2D eigenvalue weighted by molar-refractivity contribution is 0.0933. The minimum absolute atomic E-state index is 0.0979. The number of hydrogen-bond acceptors (Lipinski definition) is 6. The molecule has 1 aliphatic rings. The Balaban J connectivity index is 1.46. The molecule has 1 saturated heterocycles. The van der Waals surface area contributed by atoms with E-state index in [0.29, 0.717) is 11.3 Å². The molecular formula is C17H20N6O2. The number of nitrogens with zero attached hydrogens (tertiary/aromatic N) is 5. The lowest BCUT2D eigenvalue weighted by Crippen LogP contribution is -2.47. The second-order valence-corrected chi connectivity index (χ2v) is 6.48. The first-order valence-electron chi connectivity index (χ1n) is 8.36. The first-order valence-corrected chi connectivity index (χ1v) is 8.36. The molecule has 3 aromatic rings. The summed E-state index contributed by atoms with van der Waals surface area (Å²) in [6, 6.07) is 1.88. The molecule has 0 aliphatic carbocycles. The third kappa shape index (κ3) is 3.07. The Labute approximate surface area is 144 Å². The first-order chi connectivity index (χ1) is 12.1. The largest absolute Gasteiger partial charge is 0.367 e. The SMILES string of the molecule is Cc1noc2ncc(C(=O)N[C@H]3CCCN(c4cnn(C)c4)C3)cc12. The minimum atomic E-state index is -0.118. The van der Waals surface area contributed by atoms with Crippen molar-refractivity contribution < 1.29 is 9.32 Å². The summed E-state index contributed by atoms with van der Waals surface area (Å²) in [7, 11) is 1.91. The maximum Gasteiger partial charge on any atom is 0.257 e. The van der Waals surface area contributed by atoms with E-state index in [0.717, 1.165) is 42.7 Å². The average molecular weight is 340 g/mol. The topological polar surface area (TPSA) is 89.1 Å². The molecule has 0 bridgehead atoms. The van der Waals surface area contributed by atoms with Crippen LogP contribution < -0.4 is 10.2 Å². The predicted molar refractivity (Wildman–Crippen MR) is 92.5 cm³/mol. The highest BCUT2D eigenvalue weighted by atomic mass is 16.5. The number of anilines is 1. The summed E-state index contributed by atoms with van der Waals surface area (Å²) in [5, 5.41) is 12.0. The van der Waals surface area contributed by atoms with E-state index in [-0.39, 0.29) is 11.9 Å². The number of rotatable bonds is 3. The Kier molecular flexibility index (Phi) is 3.87. The number of fused-ring (bicyclic) bond motifs is 1. The van der Waals surface area contributed by atoms with Gasteiger partial charge in [0.2, 0.25) is 0 Å². The highest BCUT2D eigenvalue weighted by Gasteiger charge is 2.23. The molecule has 130 valence electrons. The summed E-state index contributed by atoms with van der Waals surface area (Å²) in [4.78, 5) is 19.0. The summed E-state index contributed by atoms with van der Waals surface area (Å²) in [6.45, 7) is 3.59. The van der Waals surface area contributed by atoms with Gasteiger partial charge in [0.25, 0.3) is 11.6 Å². The van der Waals surface area contributed by atoms with Crippen molar-refractivity contribution in [3.63, 3.8) is 0 Å². The van der Waals surface area contributed by atoms with Crippen molar-refractivity contribution in [3.8, 4) is 0 Å². The van der Waals surface area contributed by atoms with Gasteiger partial charge in [0.1, 0.15) is 0 Å². The monoisotopic (exact) mass is 340 g/mol. The van der Waals surface area contributed by atoms with Gasteiger partial charge in [-0.2, -0.15) is 5.10 Å². The van der Waals surface area contributed by atoms with Gasteiger partial charge in [0.15, 0.2) is 0 Å². The number of piperidine rings is 1. The van der Waals surface area contributed by atoms with Crippen molar-refractivity contribution in [2.75, 3.05) is 18.0 Å². The second-order valence-electron chi connectivity index (χ2n) is 6.48. The zero-order chi connectivity index (χ0) is 17.4. The summed E-state index contributed by atoms with van der Waals surface area (Å²) in [6.07, 6.45) is 7.38. The Morgan fingerprint density at radius 3 is 3.08 bits per heavy atom.